The Bertz CT molecular complexity index is 1070. The highest BCUT2D eigenvalue weighted by molar-refractivity contribution is 9.10. The second kappa shape index (κ2) is 10.6. The summed E-state index contributed by atoms with van der Waals surface area (Å²) in [6.07, 6.45) is 1.53. The van der Waals surface area contributed by atoms with Crippen molar-refractivity contribution in [2.24, 2.45) is 5.10 Å². The molecule has 0 radical (unpaired) electrons. The van der Waals surface area contributed by atoms with Gasteiger partial charge in [0.15, 0.2) is 11.5 Å². The van der Waals surface area contributed by atoms with Gasteiger partial charge in [0.05, 0.1) is 23.4 Å². The summed E-state index contributed by atoms with van der Waals surface area (Å²) in [6, 6.07) is 18.2. The van der Waals surface area contributed by atoms with E-state index in [9.17, 15) is 4.79 Å². The number of halogens is 3. The van der Waals surface area contributed by atoms with Crippen molar-refractivity contribution in [3.63, 3.8) is 0 Å². The molecule has 0 unspecified atom stereocenters. The van der Waals surface area contributed by atoms with Gasteiger partial charge in [-0.1, -0.05) is 35.9 Å². The van der Waals surface area contributed by atoms with Gasteiger partial charge >= 0.3 is 0 Å². The number of carbonyl (C=O) groups is 1. The largest absolute Gasteiger partial charge is 0.493 e. The van der Waals surface area contributed by atoms with Crippen molar-refractivity contribution in [1.82, 2.24) is 5.43 Å². The molecule has 0 spiro atoms. The van der Waals surface area contributed by atoms with Crippen LogP contribution in [0, 0.1) is 0 Å². The van der Waals surface area contributed by atoms with E-state index in [1.54, 1.807) is 31.4 Å². The van der Waals surface area contributed by atoms with Crippen LogP contribution < -0.4 is 14.9 Å². The van der Waals surface area contributed by atoms with Crippen LogP contribution in [0.1, 0.15) is 21.5 Å². The molecule has 0 fully saturated rings. The monoisotopic (exact) mass is 550 g/mol. The van der Waals surface area contributed by atoms with E-state index < -0.39 is 0 Å². The minimum absolute atomic E-state index is 0.312. The molecule has 8 heteroatoms. The second-order valence-corrected chi connectivity index (χ2v) is 8.27. The van der Waals surface area contributed by atoms with Gasteiger partial charge in [-0.25, -0.2) is 5.43 Å². The molecule has 0 heterocycles. The fourth-order valence-corrected chi connectivity index (χ4v) is 3.73. The second-order valence-electron chi connectivity index (χ2n) is 6.13. The molecular formula is C22H17Br2ClN2O3. The van der Waals surface area contributed by atoms with Gasteiger partial charge in [-0.05, 0) is 79.4 Å². The molecule has 154 valence electrons. The number of nitrogens with zero attached hydrogens (tertiary/aromatic N) is 1. The Hall–Kier alpha value is -2.35. The van der Waals surface area contributed by atoms with Crippen LogP contribution in [-0.4, -0.2) is 19.2 Å². The molecule has 0 aliphatic heterocycles. The smallest absolute Gasteiger partial charge is 0.272 e. The first kappa shape index (κ1) is 22.3. The maximum Gasteiger partial charge on any atom is 0.272 e. The first-order valence-electron chi connectivity index (χ1n) is 8.80. The molecule has 0 aromatic heterocycles. The van der Waals surface area contributed by atoms with Crippen molar-refractivity contribution in [2.45, 2.75) is 6.61 Å². The lowest BCUT2D eigenvalue weighted by Crippen LogP contribution is -2.18. The first-order chi connectivity index (χ1) is 14.5. The van der Waals surface area contributed by atoms with E-state index in [-0.39, 0.29) is 5.91 Å². The third kappa shape index (κ3) is 5.84. The Kier molecular flexibility index (Phi) is 7.90. The number of hydrogen-bond acceptors (Lipinski definition) is 4. The summed E-state index contributed by atoms with van der Waals surface area (Å²) in [6.45, 7) is 0.363. The van der Waals surface area contributed by atoms with E-state index in [0.717, 1.165) is 11.1 Å². The Morgan fingerprint density at radius 3 is 2.53 bits per heavy atom. The summed E-state index contributed by atoms with van der Waals surface area (Å²) in [7, 11) is 1.56. The van der Waals surface area contributed by atoms with Gasteiger partial charge in [0.1, 0.15) is 6.61 Å². The van der Waals surface area contributed by atoms with Crippen LogP contribution in [0.25, 0.3) is 0 Å². The Labute approximate surface area is 196 Å². The predicted molar refractivity (Wildman–Crippen MR) is 126 cm³/mol. The molecular weight excluding hydrogens is 536 g/mol. The third-order valence-corrected chi connectivity index (χ3v) is 5.58. The molecule has 0 aliphatic carbocycles. The topological polar surface area (TPSA) is 59.9 Å². The van der Waals surface area contributed by atoms with Gasteiger partial charge < -0.3 is 9.47 Å². The van der Waals surface area contributed by atoms with Crippen LogP contribution in [0.4, 0.5) is 0 Å². The summed E-state index contributed by atoms with van der Waals surface area (Å²) in [5.74, 6) is 0.798. The van der Waals surface area contributed by atoms with Gasteiger partial charge in [-0.3, -0.25) is 4.79 Å². The fourth-order valence-electron chi connectivity index (χ4n) is 2.56. The molecule has 3 aromatic rings. The minimum atomic E-state index is -0.312. The number of nitrogens with one attached hydrogen (secondary N) is 1. The standard InChI is InChI=1S/C22H17Br2ClN2O3/c1-29-20-11-15(12-26-27-22(28)17-4-2-3-5-18(17)23)10-19(24)21(20)30-13-14-6-8-16(25)9-7-14/h2-12H,13H2,1H3,(H,27,28)/b26-12-. The molecule has 3 rings (SSSR count). The van der Waals surface area contributed by atoms with Crippen molar-refractivity contribution in [3.05, 3.63) is 91.3 Å². The molecule has 1 N–H and O–H groups in total. The number of ether oxygens (including phenoxy) is 2. The van der Waals surface area contributed by atoms with E-state index in [2.05, 4.69) is 42.4 Å². The number of amides is 1. The summed E-state index contributed by atoms with van der Waals surface area (Å²) in [5.41, 5.74) is 4.72. The van der Waals surface area contributed by atoms with Gasteiger partial charge in [-0.15, -0.1) is 0 Å². The van der Waals surface area contributed by atoms with E-state index in [1.165, 1.54) is 6.21 Å². The zero-order valence-corrected chi connectivity index (χ0v) is 19.8. The van der Waals surface area contributed by atoms with Gasteiger partial charge in [0, 0.05) is 9.50 Å². The maximum atomic E-state index is 12.2. The molecule has 0 saturated carbocycles. The van der Waals surface area contributed by atoms with E-state index in [0.29, 0.717) is 37.6 Å². The molecule has 30 heavy (non-hydrogen) atoms. The molecule has 0 saturated heterocycles. The van der Waals surface area contributed by atoms with E-state index >= 15 is 0 Å². The maximum absolute atomic E-state index is 12.2. The van der Waals surface area contributed by atoms with E-state index in [4.69, 9.17) is 21.1 Å². The van der Waals surface area contributed by atoms with E-state index in [1.807, 2.05) is 36.4 Å². The Morgan fingerprint density at radius 1 is 1.10 bits per heavy atom. The average molecular weight is 553 g/mol. The van der Waals surface area contributed by atoms with Crippen molar-refractivity contribution < 1.29 is 14.3 Å². The molecule has 0 bridgehead atoms. The van der Waals surface area contributed by atoms with Crippen LogP contribution in [0.15, 0.2) is 74.7 Å². The highest BCUT2D eigenvalue weighted by atomic mass is 79.9. The third-order valence-electron chi connectivity index (χ3n) is 4.05. The number of hydrazone groups is 1. The van der Waals surface area contributed by atoms with Gasteiger partial charge in [-0.2, -0.15) is 5.10 Å². The Balaban J connectivity index is 1.70. The molecule has 3 aromatic carbocycles. The highest BCUT2D eigenvalue weighted by Crippen LogP contribution is 2.37. The molecule has 0 atom stereocenters. The van der Waals surface area contributed by atoms with Gasteiger partial charge in [0.25, 0.3) is 5.91 Å². The molecule has 0 aliphatic rings. The minimum Gasteiger partial charge on any atom is -0.493 e. The van der Waals surface area contributed by atoms with Crippen LogP contribution in [-0.2, 0) is 6.61 Å². The predicted octanol–water partition coefficient (Wildman–Crippen LogP) is 6.22. The number of carbonyl (C=O) groups excluding carboxylic acids is 1. The zero-order chi connectivity index (χ0) is 21.5. The summed E-state index contributed by atoms with van der Waals surface area (Å²) < 4.78 is 12.8. The lowest BCUT2D eigenvalue weighted by molar-refractivity contribution is 0.0954. The van der Waals surface area contributed by atoms with Crippen molar-refractivity contribution >= 4 is 55.6 Å². The lowest BCUT2D eigenvalue weighted by atomic mass is 10.2. The SMILES string of the molecule is COc1cc(/C=N\NC(=O)c2ccccc2Br)cc(Br)c1OCc1ccc(Cl)cc1. The number of hydrogen-bond donors (Lipinski definition) is 1. The van der Waals surface area contributed by atoms with Crippen LogP contribution in [0.3, 0.4) is 0 Å². The first-order valence-corrected chi connectivity index (χ1v) is 10.8. The summed E-state index contributed by atoms with van der Waals surface area (Å²) >= 11 is 12.8. The number of methoxy groups -OCH3 is 1. The average Bonchev–Trinajstić information content (AvgIpc) is 2.74. The number of rotatable bonds is 7. The van der Waals surface area contributed by atoms with Crippen LogP contribution in [0.5, 0.6) is 11.5 Å². The van der Waals surface area contributed by atoms with Crippen LogP contribution in [0.2, 0.25) is 5.02 Å². The Morgan fingerprint density at radius 2 is 1.83 bits per heavy atom. The van der Waals surface area contributed by atoms with Crippen molar-refractivity contribution in [3.8, 4) is 11.5 Å². The number of benzene rings is 3. The fraction of sp³-hybridized carbons (Fsp3) is 0.0909. The normalized spacial score (nSPS) is 10.8. The van der Waals surface area contributed by atoms with Gasteiger partial charge in [0.2, 0.25) is 0 Å². The summed E-state index contributed by atoms with van der Waals surface area (Å²) in [5, 5.41) is 4.71. The molecule has 5 nitrogen and oxygen atoms in total. The van der Waals surface area contributed by atoms with Crippen molar-refractivity contribution in [2.75, 3.05) is 7.11 Å². The van der Waals surface area contributed by atoms with Crippen LogP contribution >= 0.6 is 43.5 Å². The highest BCUT2D eigenvalue weighted by Gasteiger charge is 2.12. The molecule has 1 amide bonds. The quantitative estimate of drug-likeness (QED) is 0.280. The lowest BCUT2D eigenvalue weighted by Gasteiger charge is -2.13. The van der Waals surface area contributed by atoms with Crippen molar-refractivity contribution in [1.29, 1.82) is 0 Å². The zero-order valence-electron chi connectivity index (χ0n) is 15.9. The summed E-state index contributed by atoms with van der Waals surface area (Å²) in [4.78, 5) is 12.2.